The maximum Gasteiger partial charge on any atom is 0.268 e. The first-order valence-corrected chi connectivity index (χ1v) is 10.6. The standard InChI is InChI=1S/C21H20N4O4S/c26-20(6-4-15-3-5-16-17(12-15)28-14-27-16)25-9-7-24(8-10-25)13-19-22-21(29-23-19)18-2-1-11-30-18/h1-6,11-12H,7-10,13-14H2. The van der Waals surface area contributed by atoms with Gasteiger partial charge in [0, 0.05) is 32.3 Å². The van der Waals surface area contributed by atoms with Gasteiger partial charge in [0.1, 0.15) is 0 Å². The molecule has 0 saturated carbocycles. The molecule has 2 aliphatic heterocycles. The summed E-state index contributed by atoms with van der Waals surface area (Å²) in [4.78, 5) is 22.1. The van der Waals surface area contributed by atoms with Gasteiger partial charge in [0.05, 0.1) is 11.4 Å². The van der Waals surface area contributed by atoms with Crippen molar-refractivity contribution in [3.05, 3.63) is 53.2 Å². The minimum atomic E-state index is 0.00635. The minimum Gasteiger partial charge on any atom is -0.454 e. The van der Waals surface area contributed by atoms with Crippen molar-refractivity contribution in [2.45, 2.75) is 6.54 Å². The average molecular weight is 424 g/mol. The summed E-state index contributed by atoms with van der Waals surface area (Å²) in [6.07, 6.45) is 3.42. The van der Waals surface area contributed by atoms with Crippen LogP contribution in [0.25, 0.3) is 16.8 Å². The Kier molecular flexibility index (Phi) is 5.20. The Hall–Kier alpha value is -3.17. The summed E-state index contributed by atoms with van der Waals surface area (Å²) in [5, 5.41) is 6.06. The van der Waals surface area contributed by atoms with Crippen LogP contribution in [0.15, 0.2) is 46.3 Å². The molecule has 0 spiro atoms. The predicted molar refractivity (Wildman–Crippen MR) is 111 cm³/mol. The lowest BCUT2D eigenvalue weighted by atomic mass is 10.2. The number of nitrogens with zero attached hydrogens (tertiary/aromatic N) is 4. The van der Waals surface area contributed by atoms with Gasteiger partial charge in [0.15, 0.2) is 17.3 Å². The van der Waals surface area contributed by atoms with Crippen molar-refractivity contribution in [2.24, 2.45) is 0 Å². The number of aromatic nitrogens is 2. The third-order valence-corrected chi connectivity index (χ3v) is 5.92. The molecule has 0 N–H and O–H groups in total. The van der Waals surface area contributed by atoms with Crippen LogP contribution in [0.2, 0.25) is 0 Å². The van der Waals surface area contributed by atoms with E-state index in [1.807, 2.05) is 46.7 Å². The molecule has 1 amide bonds. The topological polar surface area (TPSA) is 80.9 Å². The van der Waals surface area contributed by atoms with Crippen LogP contribution in [0.1, 0.15) is 11.4 Å². The van der Waals surface area contributed by atoms with Crippen LogP contribution in [-0.4, -0.2) is 58.8 Å². The van der Waals surface area contributed by atoms with Gasteiger partial charge < -0.3 is 18.9 Å². The van der Waals surface area contributed by atoms with Gasteiger partial charge in [0.25, 0.3) is 5.89 Å². The first-order valence-electron chi connectivity index (χ1n) is 9.70. The molecule has 0 unspecified atom stereocenters. The fourth-order valence-electron chi connectivity index (χ4n) is 3.43. The second kappa shape index (κ2) is 8.29. The molecular formula is C21H20N4O4S. The van der Waals surface area contributed by atoms with E-state index in [-0.39, 0.29) is 12.7 Å². The van der Waals surface area contributed by atoms with E-state index in [0.29, 0.717) is 37.1 Å². The van der Waals surface area contributed by atoms with Crippen LogP contribution in [0.4, 0.5) is 0 Å². The Balaban J connectivity index is 1.13. The molecule has 0 aliphatic carbocycles. The number of piperazine rings is 1. The number of benzene rings is 1. The van der Waals surface area contributed by atoms with Gasteiger partial charge in [0.2, 0.25) is 12.7 Å². The first kappa shape index (κ1) is 18.8. The maximum absolute atomic E-state index is 12.5. The summed E-state index contributed by atoms with van der Waals surface area (Å²) >= 11 is 1.57. The Bertz CT molecular complexity index is 1050. The average Bonchev–Trinajstić information content (AvgIpc) is 3.53. The second-order valence-corrected chi connectivity index (χ2v) is 7.99. The number of fused-ring (bicyclic) bond motifs is 1. The van der Waals surface area contributed by atoms with Crippen molar-refractivity contribution in [2.75, 3.05) is 33.0 Å². The van der Waals surface area contributed by atoms with Crippen LogP contribution >= 0.6 is 11.3 Å². The van der Waals surface area contributed by atoms with E-state index in [1.54, 1.807) is 17.4 Å². The van der Waals surface area contributed by atoms with Crippen molar-refractivity contribution in [3.8, 4) is 22.3 Å². The first-order chi connectivity index (χ1) is 14.7. The Morgan fingerprint density at radius 2 is 2.00 bits per heavy atom. The highest BCUT2D eigenvalue weighted by Gasteiger charge is 2.21. The molecule has 5 rings (SSSR count). The maximum atomic E-state index is 12.5. The lowest BCUT2D eigenvalue weighted by molar-refractivity contribution is -0.127. The third-order valence-electron chi connectivity index (χ3n) is 5.06. The lowest BCUT2D eigenvalue weighted by Crippen LogP contribution is -2.47. The number of hydrogen-bond donors (Lipinski definition) is 0. The predicted octanol–water partition coefficient (Wildman–Crippen LogP) is 2.88. The van der Waals surface area contributed by atoms with E-state index < -0.39 is 0 Å². The van der Waals surface area contributed by atoms with E-state index in [1.165, 1.54) is 0 Å². The second-order valence-electron chi connectivity index (χ2n) is 7.04. The zero-order chi connectivity index (χ0) is 20.3. The largest absolute Gasteiger partial charge is 0.454 e. The summed E-state index contributed by atoms with van der Waals surface area (Å²) in [7, 11) is 0. The summed E-state index contributed by atoms with van der Waals surface area (Å²) in [5.74, 6) is 2.68. The minimum absolute atomic E-state index is 0.00635. The molecule has 154 valence electrons. The molecule has 3 aromatic rings. The molecule has 0 bridgehead atoms. The zero-order valence-corrected chi connectivity index (χ0v) is 17.0. The molecule has 0 radical (unpaired) electrons. The molecule has 0 atom stereocenters. The molecule has 9 heteroatoms. The van der Waals surface area contributed by atoms with E-state index in [4.69, 9.17) is 14.0 Å². The highest BCUT2D eigenvalue weighted by atomic mass is 32.1. The number of rotatable bonds is 5. The molecule has 4 heterocycles. The van der Waals surface area contributed by atoms with Crippen molar-refractivity contribution in [3.63, 3.8) is 0 Å². The van der Waals surface area contributed by atoms with Crippen LogP contribution < -0.4 is 9.47 Å². The van der Waals surface area contributed by atoms with E-state index in [2.05, 4.69) is 15.0 Å². The number of carbonyl (C=O) groups excluding carboxylic acids is 1. The fourth-order valence-corrected chi connectivity index (χ4v) is 4.08. The van der Waals surface area contributed by atoms with Gasteiger partial charge in [-0.1, -0.05) is 17.3 Å². The van der Waals surface area contributed by atoms with E-state index in [9.17, 15) is 4.79 Å². The zero-order valence-electron chi connectivity index (χ0n) is 16.2. The molecule has 2 aliphatic rings. The Labute approximate surface area is 177 Å². The summed E-state index contributed by atoms with van der Waals surface area (Å²) in [5.41, 5.74) is 0.907. The van der Waals surface area contributed by atoms with Gasteiger partial charge in [-0.15, -0.1) is 11.3 Å². The van der Waals surface area contributed by atoms with Crippen LogP contribution in [-0.2, 0) is 11.3 Å². The summed E-state index contributed by atoms with van der Waals surface area (Å²) in [6, 6.07) is 9.56. The summed E-state index contributed by atoms with van der Waals surface area (Å²) < 4.78 is 16.0. The normalized spacial score (nSPS) is 16.5. The van der Waals surface area contributed by atoms with Crippen LogP contribution in [0.3, 0.4) is 0 Å². The highest BCUT2D eigenvalue weighted by molar-refractivity contribution is 7.13. The van der Waals surface area contributed by atoms with E-state index >= 15 is 0 Å². The lowest BCUT2D eigenvalue weighted by Gasteiger charge is -2.33. The van der Waals surface area contributed by atoms with Gasteiger partial charge >= 0.3 is 0 Å². The number of carbonyl (C=O) groups is 1. The van der Waals surface area contributed by atoms with Crippen molar-refractivity contribution < 1.29 is 18.8 Å². The molecule has 1 aromatic carbocycles. The monoisotopic (exact) mass is 424 g/mol. The number of ether oxygens (including phenoxy) is 2. The number of amides is 1. The van der Waals surface area contributed by atoms with Crippen molar-refractivity contribution in [1.29, 1.82) is 0 Å². The number of thiophene rings is 1. The Morgan fingerprint density at radius 3 is 2.83 bits per heavy atom. The van der Waals surface area contributed by atoms with Crippen LogP contribution in [0, 0.1) is 0 Å². The third kappa shape index (κ3) is 4.07. The fraction of sp³-hybridized carbons (Fsp3) is 0.286. The SMILES string of the molecule is O=C(C=Cc1ccc2c(c1)OCO2)N1CCN(Cc2noc(-c3cccs3)n2)CC1. The molecule has 1 fully saturated rings. The molecule has 2 aromatic heterocycles. The van der Waals surface area contributed by atoms with Gasteiger partial charge in [-0.2, -0.15) is 4.98 Å². The number of hydrogen-bond acceptors (Lipinski definition) is 8. The summed E-state index contributed by atoms with van der Waals surface area (Å²) in [6.45, 7) is 3.73. The smallest absolute Gasteiger partial charge is 0.268 e. The van der Waals surface area contributed by atoms with Gasteiger partial charge in [-0.05, 0) is 35.2 Å². The highest BCUT2D eigenvalue weighted by Crippen LogP contribution is 2.32. The molecule has 8 nitrogen and oxygen atoms in total. The van der Waals surface area contributed by atoms with Crippen LogP contribution in [0.5, 0.6) is 11.5 Å². The van der Waals surface area contributed by atoms with Crippen molar-refractivity contribution >= 4 is 23.3 Å². The molecular weight excluding hydrogens is 404 g/mol. The van der Waals surface area contributed by atoms with E-state index in [0.717, 1.165) is 29.3 Å². The van der Waals surface area contributed by atoms with Crippen molar-refractivity contribution in [1.82, 2.24) is 19.9 Å². The Morgan fingerprint density at radius 1 is 1.13 bits per heavy atom. The van der Waals surface area contributed by atoms with Gasteiger partial charge in [-0.25, -0.2) is 0 Å². The quantitative estimate of drug-likeness (QED) is 0.583. The van der Waals surface area contributed by atoms with Gasteiger partial charge in [-0.3, -0.25) is 9.69 Å². The molecule has 30 heavy (non-hydrogen) atoms. The molecule has 1 saturated heterocycles.